The summed E-state index contributed by atoms with van der Waals surface area (Å²) in [6.45, 7) is -2.98. The summed E-state index contributed by atoms with van der Waals surface area (Å²) in [6.07, 6.45) is -0.860. The van der Waals surface area contributed by atoms with Crippen LogP contribution in [0.2, 0.25) is 0 Å². The van der Waals surface area contributed by atoms with Crippen LogP contribution in [-0.2, 0) is 14.6 Å². The number of carbonyl (C=O) groups excluding carboxylic acids is 1. The number of aromatic nitrogens is 1. The molecule has 12 heteroatoms. The maximum absolute atomic E-state index is 13.7. The SMILES string of the molecule is CS(=O)(=O)c1ccc(/C(=C\C2C[C@@H](F)[C@@H](F)C2)C(=O)Nc2nc3ccc(OC(F)F)cc3s2)cc1. The molecule has 1 fully saturated rings. The number of benzene rings is 2. The predicted molar refractivity (Wildman–Crippen MR) is 125 cm³/mol. The van der Waals surface area contributed by atoms with E-state index < -0.39 is 40.6 Å². The molecule has 1 saturated carbocycles. The first-order valence-electron chi connectivity index (χ1n) is 10.5. The van der Waals surface area contributed by atoms with E-state index in [0.717, 1.165) is 17.6 Å². The third-order valence-electron chi connectivity index (χ3n) is 5.49. The predicted octanol–water partition coefficient (Wildman–Crippen LogP) is 5.41. The number of ether oxygens (including phenoxy) is 1. The van der Waals surface area contributed by atoms with Crippen molar-refractivity contribution in [3.63, 3.8) is 0 Å². The highest BCUT2D eigenvalue weighted by atomic mass is 32.2. The van der Waals surface area contributed by atoms with E-state index in [1.54, 1.807) is 0 Å². The van der Waals surface area contributed by atoms with Crippen molar-refractivity contribution in [2.24, 2.45) is 5.92 Å². The number of amides is 1. The van der Waals surface area contributed by atoms with Gasteiger partial charge in [0.05, 0.1) is 15.1 Å². The van der Waals surface area contributed by atoms with Crippen LogP contribution in [0.1, 0.15) is 18.4 Å². The van der Waals surface area contributed by atoms with Gasteiger partial charge in [0.2, 0.25) is 0 Å². The van der Waals surface area contributed by atoms with E-state index in [2.05, 4.69) is 15.0 Å². The first kappa shape index (κ1) is 25.1. The van der Waals surface area contributed by atoms with Gasteiger partial charge >= 0.3 is 6.61 Å². The third kappa shape index (κ3) is 5.99. The quantitative estimate of drug-likeness (QED) is 0.328. The lowest BCUT2D eigenvalue weighted by Gasteiger charge is -2.11. The van der Waals surface area contributed by atoms with Crippen LogP contribution < -0.4 is 10.1 Å². The molecule has 0 radical (unpaired) electrons. The van der Waals surface area contributed by atoms with Gasteiger partial charge < -0.3 is 4.74 Å². The minimum absolute atomic E-state index is 0.0524. The first-order chi connectivity index (χ1) is 16.5. The standard InChI is InChI=1S/C23H20F4N2O4S2/c1-35(31,32)15-5-2-13(3-6-15)16(8-12-9-17(24)18(25)10-12)21(30)29-23-28-19-7-4-14(33-22(26)27)11-20(19)34-23/h2-8,11-12,17-18,22H,9-10H2,1H3,(H,28,29,30)/b16-8+/t12?,17-,18+. The second-order valence-corrected chi connectivity index (χ2v) is 11.2. The number of nitrogens with one attached hydrogen (secondary N) is 1. The van der Waals surface area contributed by atoms with Gasteiger partial charge in [0.15, 0.2) is 15.0 Å². The highest BCUT2D eigenvalue weighted by Gasteiger charge is 2.34. The number of fused-ring (bicyclic) bond motifs is 1. The van der Waals surface area contributed by atoms with Crippen molar-refractivity contribution in [3.05, 3.63) is 54.1 Å². The molecule has 0 spiro atoms. The molecule has 0 bridgehead atoms. The van der Waals surface area contributed by atoms with Crippen molar-refractivity contribution in [1.29, 1.82) is 0 Å². The largest absolute Gasteiger partial charge is 0.435 e. The van der Waals surface area contributed by atoms with Crippen molar-refractivity contribution in [3.8, 4) is 5.75 Å². The molecule has 1 heterocycles. The molecule has 1 aliphatic rings. The molecule has 1 aliphatic carbocycles. The van der Waals surface area contributed by atoms with Gasteiger partial charge in [0.25, 0.3) is 5.91 Å². The minimum Gasteiger partial charge on any atom is -0.435 e. The molecule has 2 aromatic carbocycles. The van der Waals surface area contributed by atoms with Crippen LogP contribution in [0.4, 0.5) is 22.7 Å². The van der Waals surface area contributed by atoms with Crippen molar-refractivity contribution >= 4 is 48.0 Å². The van der Waals surface area contributed by atoms with Crippen LogP contribution >= 0.6 is 11.3 Å². The van der Waals surface area contributed by atoms with Gasteiger partial charge in [-0.1, -0.05) is 29.5 Å². The van der Waals surface area contributed by atoms with Crippen LogP contribution in [0, 0.1) is 5.92 Å². The van der Waals surface area contributed by atoms with Gasteiger partial charge in [0.1, 0.15) is 18.1 Å². The van der Waals surface area contributed by atoms with Gasteiger partial charge in [-0.25, -0.2) is 22.2 Å². The fraction of sp³-hybridized carbons (Fsp3) is 0.304. The summed E-state index contributed by atoms with van der Waals surface area (Å²) < 4.78 is 80.9. The average Bonchev–Trinajstić information content (AvgIpc) is 3.32. The summed E-state index contributed by atoms with van der Waals surface area (Å²) in [5, 5.41) is 2.81. The maximum atomic E-state index is 13.7. The van der Waals surface area contributed by atoms with Gasteiger partial charge in [-0.3, -0.25) is 10.1 Å². The fourth-order valence-corrected chi connectivity index (χ4v) is 5.35. The lowest BCUT2D eigenvalue weighted by atomic mass is 9.98. The Bertz CT molecular complexity index is 1360. The molecular formula is C23H20F4N2O4S2. The molecule has 1 N–H and O–H groups in total. The van der Waals surface area contributed by atoms with Crippen molar-refractivity contribution < 1.29 is 35.5 Å². The Morgan fingerprint density at radius 3 is 2.40 bits per heavy atom. The topological polar surface area (TPSA) is 85.4 Å². The number of anilines is 1. The number of alkyl halides is 4. The van der Waals surface area contributed by atoms with E-state index >= 15 is 0 Å². The Labute approximate surface area is 202 Å². The number of nitrogens with zero attached hydrogens (tertiary/aromatic N) is 1. The van der Waals surface area contributed by atoms with Crippen LogP contribution in [0.5, 0.6) is 5.75 Å². The first-order valence-corrected chi connectivity index (χ1v) is 13.2. The maximum Gasteiger partial charge on any atom is 0.387 e. The molecule has 1 unspecified atom stereocenters. The third-order valence-corrected chi connectivity index (χ3v) is 7.56. The zero-order chi connectivity index (χ0) is 25.3. The molecule has 0 aliphatic heterocycles. The molecule has 3 aromatic rings. The Hall–Kier alpha value is -2.99. The van der Waals surface area contributed by atoms with Crippen LogP contribution in [0.25, 0.3) is 15.8 Å². The number of carbonyl (C=O) groups is 1. The number of allylic oxidation sites excluding steroid dienone is 1. The molecule has 4 rings (SSSR count). The van der Waals surface area contributed by atoms with Gasteiger partial charge in [-0.2, -0.15) is 8.78 Å². The fourth-order valence-electron chi connectivity index (χ4n) is 3.83. The molecule has 6 nitrogen and oxygen atoms in total. The van der Waals surface area contributed by atoms with E-state index in [4.69, 9.17) is 0 Å². The summed E-state index contributed by atoms with van der Waals surface area (Å²) in [6, 6.07) is 9.76. The number of sulfone groups is 1. The molecule has 1 amide bonds. The second kappa shape index (κ2) is 9.94. The summed E-state index contributed by atoms with van der Waals surface area (Å²) in [5.41, 5.74) is 0.921. The zero-order valence-electron chi connectivity index (χ0n) is 18.3. The monoisotopic (exact) mass is 528 g/mol. The number of rotatable bonds is 7. The molecule has 3 atom stereocenters. The molecule has 0 saturated heterocycles. The van der Waals surface area contributed by atoms with E-state index in [-0.39, 0.29) is 34.2 Å². The Kier molecular flexibility index (Phi) is 7.13. The van der Waals surface area contributed by atoms with Crippen LogP contribution in [-0.4, -0.2) is 44.5 Å². The van der Waals surface area contributed by atoms with Crippen LogP contribution in [0.15, 0.2) is 53.4 Å². The van der Waals surface area contributed by atoms with Crippen molar-refractivity contribution in [1.82, 2.24) is 4.98 Å². The summed E-state index contributed by atoms with van der Waals surface area (Å²) in [7, 11) is -3.46. The number of hydrogen-bond donors (Lipinski definition) is 1. The molecule has 186 valence electrons. The smallest absolute Gasteiger partial charge is 0.387 e. The van der Waals surface area contributed by atoms with Gasteiger partial charge in [-0.15, -0.1) is 0 Å². The van der Waals surface area contributed by atoms with Crippen molar-refractivity contribution in [2.75, 3.05) is 11.6 Å². The van der Waals surface area contributed by atoms with Gasteiger partial charge in [0, 0.05) is 11.8 Å². The molecular weight excluding hydrogens is 508 g/mol. The second-order valence-electron chi connectivity index (χ2n) is 8.12. The highest BCUT2D eigenvalue weighted by molar-refractivity contribution is 7.90. The van der Waals surface area contributed by atoms with E-state index in [1.165, 1.54) is 48.5 Å². The van der Waals surface area contributed by atoms with Gasteiger partial charge in [-0.05, 0) is 54.7 Å². The van der Waals surface area contributed by atoms with Crippen molar-refractivity contribution in [2.45, 2.75) is 36.7 Å². The summed E-state index contributed by atoms with van der Waals surface area (Å²) in [5.74, 6) is -1.19. The molecule has 35 heavy (non-hydrogen) atoms. The number of hydrogen-bond acceptors (Lipinski definition) is 6. The normalized spacial score (nSPS) is 21.0. The Morgan fingerprint density at radius 1 is 1.14 bits per heavy atom. The lowest BCUT2D eigenvalue weighted by molar-refractivity contribution is -0.111. The lowest BCUT2D eigenvalue weighted by Crippen LogP contribution is -2.14. The van der Waals surface area contributed by atoms with E-state index in [9.17, 15) is 30.8 Å². The zero-order valence-corrected chi connectivity index (χ0v) is 19.9. The Balaban J connectivity index is 1.63. The molecule has 1 aromatic heterocycles. The minimum atomic E-state index is -3.46. The number of halogens is 4. The van der Waals surface area contributed by atoms with E-state index in [1.807, 2.05) is 0 Å². The average molecular weight is 529 g/mol. The highest BCUT2D eigenvalue weighted by Crippen LogP contribution is 2.35. The van der Waals surface area contributed by atoms with E-state index in [0.29, 0.717) is 15.8 Å². The number of thiazole rings is 1. The summed E-state index contributed by atoms with van der Waals surface area (Å²) >= 11 is 1.03. The van der Waals surface area contributed by atoms with Crippen LogP contribution in [0.3, 0.4) is 0 Å². The summed E-state index contributed by atoms with van der Waals surface area (Å²) in [4.78, 5) is 17.5. The Morgan fingerprint density at radius 2 is 1.80 bits per heavy atom.